The third kappa shape index (κ3) is 5.94. The number of halogens is 2. The lowest BCUT2D eigenvalue weighted by Crippen LogP contribution is -2.45. The second-order valence-electron chi connectivity index (χ2n) is 5.85. The van der Waals surface area contributed by atoms with E-state index in [1.165, 1.54) is 0 Å². The summed E-state index contributed by atoms with van der Waals surface area (Å²) in [7, 11) is 0. The van der Waals surface area contributed by atoms with Gasteiger partial charge in [-0.15, -0.1) is 12.4 Å². The van der Waals surface area contributed by atoms with Gasteiger partial charge in [-0.2, -0.15) is 0 Å². The number of anilines is 1. The van der Waals surface area contributed by atoms with E-state index < -0.39 is 6.10 Å². The minimum atomic E-state index is -0.517. The molecule has 1 saturated heterocycles. The zero-order valence-corrected chi connectivity index (χ0v) is 15.3. The van der Waals surface area contributed by atoms with E-state index in [1.807, 2.05) is 13.8 Å². The Morgan fingerprint density at radius 3 is 2.75 bits per heavy atom. The van der Waals surface area contributed by atoms with E-state index in [0.29, 0.717) is 41.9 Å². The van der Waals surface area contributed by atoms with Gasteiger partial charge in [0.15, 0.2) is 0 Å². The molecule has 1 aliphatic rings. The Kier molecular flexibility index (Phi) is 8.48. The van der Waals surface area contributed by atoms with Crippen molar-refractivity contribution in [3.05, 3.63) is 28.8 Å². The minimum absolute atomic E-state index is 0. The van der Waals surface area contributed by atoms with Crippen molar-refractivity contribution in [3.63, 3.8) is 0 Å². The molecule has 134 valence electrons. The molecule has 0 bridgehead atoms. The van der Waals surface area contributed by atoms with Gasteiger partial charge < -0.3 is 20.7 Å². The first-order chi connectivity index (χ1) is 11.0. The van der Waals surface area contributed by atoms with E-state index >= 15 is 0 Å². The number of hydrogen-bond acceptors (Lipinski definition) is 4. The van der Waals surface area contributed by atoms with Crippen molar-refractivity contribution in [2.75, 3.05) is 31.6 Å². The van der Waals surface area contributed by atoms with E-state index in [9.17, 15) is 9.59 Å². The summed E-state index contributed by atoms with van der Waals surface area (Å²) in [6, 6.07) is 4.83. The summed E-state index contributed by atoms with van der Waals surface area (Å²) in [4.78, 5) is 24.1. The molecule has 24 heavy (non-hydrogen) atoms. The van der Waals surface area contributed by atoms with E-state index in [4.69, 9.17) is 16.3 Å². The number of benzene rings is 1. The first-order valence-corrected chi connectivity index (χ1v) is 8.06. The molecule has 0 saturated carbocycles. The van der Waals surface area contributed by atoms with Crippen molar-refractivity contribution in [1.29, 1.82) is 0 Å². The predicted octanol–water partition coefficient (Wildman–Crippen LogP) is 2.07. The number of carbonyl (C=O) groups excluding carboxylic acids is 2. The van der Waals surface area contributed by atoms with Crippen LogP contribution < -0.4 is 16.0 Å². The third-order valence-corrected chi connectivity index (χ3v) is 3.68. The summed E-state index contributed by atoms with van der Waals surface area (Å²) in [5.41, 5.74) is 0.926. The van der Waals surface area contributed by atoms with Crippen LogP contribution in [0, 0.1) is 5.92 Å². The lowest BCUT2D eigenvalue weighted by Gasteiger charge is -2.22. The van der Waals surface area contributed by atoms with Crippen molar-refractivity contribution in [2.45, 2.75) is 20.0 Å². The molecule has 3 N–H and O–H groups in total. The number of morpholine rings is 1. The van der Waals surface area contributed by atoms with Crippen molar-refractivity contribution in [2.24, 2.45) is 5.92 Å². The molecule has 2 rings (SSSR count). The molecule has 0 aromatic heterocycles. The molecule has 2 amide bonds. The van der Waals surface area contributed by atoms with E-state index in [0.717, 1.165) is 6.54 Å². The fourth-order valence-corrected chi connectivity index (χ4v) is 2.39. The van der Waals surface area contributed by atoms with Gasteiger partial charge >= 0.3 is 0 Å². The Labute approximate surface area is 153 Å². The highest BCUT2D eigenvalue weighted by Gasteiger charge is 2.22. The van der Waals surface area contributed by atoms with Gasteiger partial charge in [0.2, 0.25) is 0 Å². The van der Waals surface area contributed by atoms with E-state index in [-0.39, 0.29) is 24.2 Å². The van der Waals surface area contributed by atoms with Gasteiger partial charge in [0.1, 0.15) is 6.10 Å². The predicted molar refractivity (Wildman–Crippen MR) is 97.1 cm³/mol. The van der Waals surface area contributed by atoms with Crippen LogP contribution in [0.15, 0.2) is 18.2 Å². The van der Waals surface area contributed by atoms with E-state index in [1.54, 1.807) is 18.2 Å². The van der Waals surface area contributed by atoms with Gasteiger partial charge in [-0.1, -0.05) is 25.4 Å². The van der Waals surface area contributed by atoms with Crippen LogP contribution in [0.25, 0.3) is 0 Å². The average Bonchev–Trinajstić information content (AvgIpc) is 2.53. The van der Waals surface area contributed by atoms with Gasteiger partial charge in [-0.3, -0.25) is 9.59 Å². The second-order valence-corrected chi connectivity index (χ2v) is 6.26. The summed E-state index contributed by atoms with van der Waals surface area (Å²) in [6.07, 6.45) is -0.517. The lowest BCUT2D eigenvalue weighted by molar-refractivity contribution is -0.128. The average molecular weight is 376 g/mol. The molecule has 6 nitrogen and oxygen atoms in total. The summed E-state index contributed by atoms with van der Waals surface area (Å²) in [6.45, 7) is 6.35. The smallest absolute Gasteiger partial charge is 0.254 e. The van der Waals surface area contributed by atoms with Gasteiger partial charge in [0.25, 0.3) is 11.8 Å². The highest BCUT2D eigenvalue weighted by Crippen LogP contribution is 2.21. The molecule has 8 heteroatoms. The van der Waals surface area contributed by atoms with E-state index in [2.05, 4.69) is 16.0 Å². The van der Waals surface area contributed by atoms with Crippen LogP contribution in [-0.4, -0.2) is 44.2 Å². The largest absolute Gasteiger partial charge is 0.366 e. The summed E-state index contributed by atoms with van der Waals surface area (Å²) < 4.78 is 5.39. The fraction of sp³-hybridized carbons (Fsp3) is 0.500. The zero-order valence-electron chi connectivity index (χ0n) is 13.7. The molecule has 1 unspecified atom stereocenters. The van der Waals surface area contributed by atoms with Crippen LogP contribution in [-0.2, 0) is 9.53 Å². The van der Waals surface area contributed by atoms with Crippen molar-refractivity contribution < 1.29 is 14.3 Å². The Bertz CT molecular complexity index is 576. The van der Waals surface area contributed by atoms with Crippen LogP contribution in [0.1, 0.15) is 24.2 Å². The third-order valence-electron chi connectivity index (χ3n) is 3.37. The quantitative estimate of drug-likeness (QED) is 0.735. The molecule has 1 aliphatic heterocycles. The number of carbonyl (C=O) groups is 2. The second kappa shape index (κ2) is 9.84. The lowest BCUT2D eigenvalue weighted by atomic mass is 10.1. The Morgan fingerprint density at radius 2 is 2.17 bits per heavy atom. The van der Waals surface area contributed by atoms with Crippen LogP contribution in [0.4, 0.5) is 5.69 Å². The van der Waals surface area contributed by atoms with Crippen molar-refractivity contribution in [3.8, 4) is 0 Å². The van der Waals surface area contributed by atoms with Crippen LogP contribution in [0.2, 0.25) is 5.02 Å². The maximum atomic E-state index is 12.1. The number of nitrogens with one attached hydrogen (secondary N) is 3. The standard InChI is InChI=1S/C16H22ClN3O3.ClH/c1-10(2)8-19-15(21)12-4-3-11(7-13(12)17)20-16(22)14-9-18-5-6-23-14;/h3-4,7,10,14,18H,5-6,8-9H2,1-2H3,(H,19,21)(H,20,22);1H. The highest BCUT2D eigenvalue weighted by molar-refractivity contribution is 6.34. The van der Waals surface area contributed by atoms with Crippen molar-refractivity contribution in [1.82, 2.24) is 10.6 Å². The molecule has 1 aromatic carbocycles. The maximum absolute atomic E-state index is 12.1. The van der Waals surface area contributed by atoms with Gasteiger partial charge in [0.05, 0.1) is 17.2 Å². The van der Waals surface area contributed by atoms with Gasteiger partial charge in [-0.05, 0) is 24.1 Å². The van der Waals surface area contributed by atoms with Crippen LogP contribution >= 0.6 is 24.0 Å². The first-order valence-electron chi connectivity index (χ1n) is 7.68. The maximum Gasteiger partial charge on any atom is 0.254 e. The molecule has 0 spiro atoms. The monoisotopic (exact) mass is 375 g/mol. The summed E-state index contributed by atoms with van der Waals surface area (Å²) in [5, 5.41) is 8.95. The molecule has 1 fully saturated rings. The number of hydrogen-bond donors (Lipinski definition) is 3. The molecular formula is C16H23Cl2N3O3. The van der Waals surface area contributed by atoms with Crippen molar-refractivity contribution >= 4 is 41.5 Å². The molecule has 0 aliphatic carbocycles. The Morgan fingerprint density at radius 1 is 1.42 bits per heavy atom. The minimum Gasteiger partial charge on any atom is -0.366 e. The van der Waals surface area contributed by atoms with Gasteiger partial charge in [0, 0.05) is 25.3 Å². The van der Waals surface area contributed by atoms with Gasteiger partial charge in [-0.25, -0.2) is 0 Å². The Hall–Kier alpha value is -1.34. The fourth-order valence-electron chi connectivity index (χ4n) is 2.13. The van der Waals surface area contributed by atoms with Crippen LogP contribution in [0.5, 0.6) is 0 Å². The topological polar surface area (TPSA) is 79.5 Å². The molecular weight excluding hydrogens is 353 g/mol. The SMILES string of the molecule is CC(C)CNC(=O)c1ccc(NC(=O)C2CNCCO2)cc1Cl.Cl. The normalized spacial score (nSPS) is 17.1. The highest BCUT2D eigenvalue weighted by atomic mass is 35.5. The zero-order chi connectivity index (χ0) is 16.8. The molecule has 1 heterocycles. The summed E-state index contributed by atoms with van der Waals surface area (Å²) >= 11 is 6.15. The molecule has 1 aromatic rings. The number of amides is 2. The summed E-state index contributed by atoms with van der Waals surface area (Å²) in [5.74, 6) is -0.0907. The molecule has 0 radical (unpaired) electrons. The number of rotatable bonds is 5. The Balaban J connectivity index is 0.00000288. The molecule has 1 atom stereocenters. The number of ether oxygens (including phenoxy) is 1. The first kappa shape index (κ1) is 20.7. The van der Waals surface area contributed by atoms with Crippen LogP contribution in [0.3, 0.4) is 0 Å².